The van der Waals surface area contributed by atoms with Gasteiger partial charge in [-0.3, -0.25) is 0 Å². The minimum atomic E-state index is -4.00. The first-order valence-corrected chi connectivity index (χ1v) is 6.91. The third-order valence-electron chi connectivity index (χ3n) is 2.53. The molecular weight excluding hydrogens is 274 g/mol. The summed E-state index contributed by atoms with van der Waals surface area (Å²) in [5.41, 5.74) is -0.582. The lowest BCUT2D eigenvalue weighted by Gasteiger charge is -2.17. The monoisotopic (exact) mass is 289 g/mol. The molecule has 0 aliphatic rings. The lowest BCUT2D eigenvalue weighted by molar-refractivity contribution is 0.0693. The van der Waals surface area contributed by atoms with E-state index >= 15 is 0 Å². The second-order valence-electron chi connectivity index (χ2n) is 3.97. The largest absolute Gasteiger partial charge is 0.507 e. The van der Waals surface area contributed by atoms with Gasteiger partial charge in [0.25, 0.3) is 0 Å². The predicted octanol–water partition coefficient (Wildman–Crippen LogP) is 0.827. The van der Waals surface area contributed by atoms with Gasteiger partial charge in [0.05, 0.1) is 0 Å². The van der Waals surface area contributed by atoms with Crippen molar-refractivity contribution in [3.63, 3.8) is 0 Å². The Hall–Kier alpha value is -1.80. The van der Waals surface area contributed by atoms with Crippen LogP contribution >= 0.6 is 0 Å². The van der Waals surface area contributed by atoms with Gasteiger partial charge in [-0.1, -0.05) is 6.92 Å². The summed E-state index contributed by atoms with van der Waals surface area (Å²) in [4.78, 5) is 10.3. The van der Waals surface area contributed by atoms with Crippen molar-refractivity contribution in [1.29, 1.82) is 0 Å². The van der Waals surface area contributed by atoms with E-state index in [0.29, 0.717) is 12.5 Å². The molecule has 1 aromatic carbocycles. The number of hydrogen-bond acceptors (Lipinski definition) is 5. The van der Waals surface area contributed by atoms with E-state index in [4.69, 9.17) is 5.11 Å². The van der Waals surface area contributed by atoms with Crippen molar-refractivity contribution in [3.05, 3.63) is 17.7 Å². The lowest BCUT2D eigenvalue weighted by Crippen LogP contribution is -2.27. The van der Waals surface area contributed by atoms with Crippen LogP contribution in [0.3, 0.4) is 0 Å². The number of nitrogens with zero attached hydrogens (tertiary/aromatic N) is 1. The highest BCUT2D eigenvalue weighted by atomic mass is 32.2. The summed E-state index contributed by atoms with van der Waals surface area (Å²) >= 11 is 0. The molecule has 1 rings (SSSR count). The van der Waals surface area contributed by atoms with Crippen molar-refractivity contribution in [1.82, 2.24) is 4.31 Å². The summed E-state index contributed by atoms with van der Waals surface area (Å²) < 4.78 is 25.2. The minimum absolute atomic E-state index is 0.227. The van der Waals surface area contributed by atoms with Gasteiger partial charge in [-0.15, -0.1) is 0 Å². The second-order valence-corrected chi connectivity index (χ2v) is 5.98. The predicted molar refractivity (Wildman–Crippen MR) is 66.8 cm³/mol. The molecule has 0 aliphatic carbocycles. The number of phenols is 2. The highest BCUT2D eigenvalue weighted by Gasteiger charge is 2.26. The van der Waals surface area contributed by atoms with Gasteiger partial charge in [-0.2, -0.15) is 0 Å². The van der Waals surface area contributed by atoms with Gasteiger partial charge < -0.3 is 15.3 Å². The van der Waals surface area contributed by atoms with Gasteiger partial charge in [0.1, 0.15) is 22.0 Å². The number of hydrogen-bond donors (Lipinski definition) is 3. The maximum Gasteiger partial charge on any atom is 0.339 e. The fraction of sp³-hybridized carbons (Fsp3) is 0.364. The van der Waals surface area contributed by atoms with Gasteiger partial charge in [0.15, 0.2) is 0 Å². The molecule has 0 aromatic heterocycles. The van der Waals surface area contributed by atoms with Crippen LogP contribution in [0, 0.1) is 0 Å². The van der Waals surface area contributed by atoms with Gasteiger partial charge in [0, 0.05) is 19.7 Å². The average Bonchev–Trinajstić information content (AvgIpc) is 2.28. The van der Waals surface area contributed by atoms with Crippen LogP contribution in [-0.4, -0.2) is 47.6 Å². The molecule has 0 atom stereocenters. The Labute approximate surface area is 110 Å². The Balaban J connectivity index is 3.43. The summed E-state index contributed by atoms with van der Waals surface area (Å²) in [6.45, 7) is 2.01. The summed E-state index contributed by atoms with van der Waals surface area (Å²) in [5.74, 6) is -2.86. The fourth-order valence-corrected chi connectivity index (χ4v) is 2.89. The van der Waals surface area contributed by atoms with E-state index in [9.17, 15) is 23.4 Å². The molecule has 0 amide bonds. The molecule has 0 fully saturated rings. The Kier molecular flexibility index (Phi) is 4.38. The smallest absolute Gasteiger partial charge is 0.339 e. The van der Waals surface area contributed by atoms with E-state index in [0.717, 1.165) is 10.4 Å². The van der Waals surface area contributed by atoms with Crippen LogP contribution in [0.4, 0.5) is 0 Å². The molecule has 1 aromatic rings. The van der Waals surface area contributed by atoms with Crippen LogP contribution in [0.15, 0.2) is 17.0 Å². The van der Waals surface area contributed by atoms with Crippen molar-refractivity contribution >= 4 is 16.0 Å². The van der Waals surface area contributed by atoms with Gasteiger partial charge in [-0.05, 0) is 12.5 Å². The highest BCUT2D eigenvalue weighted by molar-refractivity contribution is 7.89. The molecule has 0 aliphatic heterocycles. The molecule has 3 N–H and O–H groups in total. The van der Waals surface area contributed by atoms with Crippen molar-refractivity contribution < 1.29 is 28.5 Å². The summed E-state index contributed by atoms with van der Waals surface area (Å²) in [5, 5.41) is 27.8. The third-order valence-corrected chi connectivity index (χ3v) is 4.42. The maximum atomic E-state index is 12.1. The first kappa shape index (κ1) is 15.3. The van der Waals surface area contributed by atoms with Crippen molar-refractivity contribution in [3.8, 4) is 11.5 Å². The van der Waals surface area contributed by atoms with E-state index < -0.39 is 38.0 Å². The quantitative estimate of drug-likeness (QED) is 0.739. The lowest BCUT2D eigenvalue weighted by atomic mass is 10.2. The minimum Gasteiger partial charge on any atom is -0.507 e. The van der Waals surface area contributed by atoms with Crippen LogP contribution in [0.2, 0.25) is 0 Å². The third kappa shape index (κ3) is 2.96. The van der Waals surface area contributed by atoms with Crippen LogP contribution in [0.1, 0.15) is 23.7 Å². The number of benzene rings is 1. The summed E-state index contributed by atoms with van der Waals surface area (Å²) in [6, 6.07) is 1.45. The number of rotatable bonds is 5. The fourth-order valence-electron chi connectivity index (χ4n) is 1.54. The molecule has 0 saturated heterocycles. The number of carboxylic acids is 1. The normalized spacial score (nSPS) is 11.7. The van der Waals surface area contributed by atoms with Crippen LogP contribution in [0.25, 0.3) is 0 Å². The van der Waals surface area contributed by atoms with E-state index in [-0.39, 0.29) is 6.54 Å². The van der Waals surface area contributed by atoms with E-state index in [1.807, 2.05) is 0 Å². The van der Waals surface area contributed by atoms with Gasteiger partial charge in [-0.25, -0.2) is 17.5 Å². The number of aromatic hydroxyl groups is 2. The standard InChI is InChI=1S/C11H15NO6S/c1-3-4-12(2)19(17,18)10-5-7(11(15)16)8(13)6-9(10)14/h5-6,13-14H,3-4H2,1-2H3,(H,15,16). The maximum absolute atomic E-state index is 12.1. The molecule has 8 heteroatoms. The molecule has 0 bridgehead atoms. The molecule has 7 nitrogen and oxygen atoms in total. The Morgan fingerprint density at radius 3 is 2.32 bits per heavy atom. The van der Waals surface area contributed by atoms with Crippen molar-refractivity contribution in [2.24, 2.45) is 0 Å². The number of aromatic carboxylic acids is 1. The summed E-state index contributed by atoms with van der Waals surface area (Å²) in [6.07, 6.45) is 0.570. The molecule has 19 heavy (non-hydrogen) atoms. The molecule has 0 radical (unpaired) electrons. The van der Waals surface area contributed by atoms with E-state index in [2.05, 4.69) is 0 Å². The van der Waals surface area contributed by atoms with Crippen LogP contribution in [0.5, 0.6) is 11.5 Å². The first-order valence-electron chi connectivity index (χ1n) is 5.47. The van der Waals surface area contributed by atoms with E-state index in [1.165, 1.54) is 7.05 Å². The Bertz CT molecular complexity index is 595. The number of phenolic OH excluding ortho intramolecular Hbond substituents is 1. The second kappa shape index (κ2) is 5.45. The van der Waals surface area contributed by atoms with E-state index in [1.54, 1.807) is 6.92 Å². The molecular formula is C11H15NO6S. The zero-order valence-corrected chi connectivity index (χ0v) is 11.3. The van der Waals surface area contributed by atoms with Gasteiger partial charge in [0.2, 0.25) is 10.0 Å². The molecule has 0 saturated carbocycles. The molecule has 0 heterocycles. The molecule has 0 spiro atoms. The Morgan fingerprint density at radius 1 is 1.26 bits per heavy atom. The topological polar surface area (TPSA) is 115 Å². The van der Waals surface area contributed by atoms with Crippen molar-refractivity contribution in [2.75, 3.05) is 13.6 Å². The zero-order valence-electron chi connectivity index (χ0n) is 10.5. The highest BCUT2D eigenvalue weighted by Crippen LogP contribution is 2.32. The number of carboxylic acid groups (broad SMARTS) is 1. The van der Waals surface area contributed by atoms with Crippen molar-refractivity contribution in [2.45, 2.75) is 18.2 Å². The SMILES string of the molecule is CCCN(C)S(=O)(=O)c1cc(C(=O)O)c(O)cc1O. The number of sulfonamides is 1. The summed E-state index contributed by atoms with van der Waals surface area (Å²) in [7, 11) is -2.67. The van der Waals surface area contributed by atoms with Crippen LogP contribution < -0.4 is 0 Å². The zero-order chi connectivity index (χ0) is 14.8. The molecule has 0 unspecified atom stereocenters. The van der Waals surface area contributed by atoms with Gasteiger partial charge >= 0.3 is 5.97 Å². The number of carbonyl (C=O) groups is 1. The Morgan fingerprint density at radius 2 is 1.84 bits per heavy atom. The molecule has 106 valence electrons. The first-order chi connectivity index (χ1) is 8.71. The van der Waals surface area contributed by atoms with Crippen LogP contribution in [-0.2, 0) is 10.0 Å². The average molecular weight is 289 g/mol.